The molecule has 0 unspecified atom stereocenters. The first-order valence-corrected chi connectivity index (χ1v) is 7.12. The SMILES string of the molecule is Cc1ccc(-c2cn3nc(CCN)sc3n2)cc1C.Cl. The van der Waals surface area contributed by atoms with Crippen LogP contribution in [0.2, 0.25) is 0 Å². The molecule has 2 aromatic heterocycles. The van der Waals surface area contributed by atoms with Crippen LogP contribution < -0.4 is 5.73 Å². The fourth-order valence-electron chi connectivity index (χ4n) is 2.01. The van der Waals surface area contributed by atoms with E-state index in [1.165, 1.54) is 11.1 Å². The Bertz CT molecular complexity index is 700. The van der Waals surface area contributed by atoms with Crippen LogP contribution >= 0.6 is 23.7 Å². The molecule has 0 saturated carbocycles. The van der Waals surface area contributed by atoms with E-state index < -0.39 is 0 Å². The Hall–Kier alpha value is -1.43. The number of aryl methyl sites for hydroxylation is 2. The summed E-state index contributed by atoms with van der Waals surface area (Å²) in [7, 11) is 0. The smallest absolute Gasteiger partial charge is 0.212 e. The van der Waals surface area contributed by atoms with Crippen LogP contribution in [0.1, 0.15) is 16.1 Å². The molecular weight excluding hydrogens is 292 g/mol. The van der Waals surface area contributed by atoms with Crippen molar-refractivity contribution in [3.8, 4) is 11.3 Å². The van der Waals surface area contributed by atoms with E-state index in [1.807, 2.05) is 10.7 Å². The van der Waals surface area contributed by atoms with E-state index in [0.717, 1.165) is 27.6 Å². The maximum Gasteiger partial charge on any atom is 0.212 e. The van der Waals surface area contributed by atoms with E-state index in [1.54, 1.807) is 11.3 Å². The van der Waals surface area contributed by atoms with Gasteiger partial charge in [-0.1, -0.05) is 23.5 Å². The summed E-state index contributed by atoms with van der Waals surface area (Å²) in [5, 5.41) is 5.52. The van der Waals surface area contributed by atoms with Crippen molar-refractivity contribution in [2.75, 3.05) is 6.54 Å². The Balaban J connectivity index is 0.00000147. The minimum absolute atomic E-state index is 0. The molecule has 2 N–H and O–H groups in total. The van der Waals surface area contributed by atoms with Gasteiger partial charge in [-0.2, -0.15) is 5.10 Å². The number of rotatable bonds is 3. The largest absolute Gasteiger partial charge is 0.330 e. The van der Waals surface area contributed by atoms with E-state index in [9.17, 15) is 0 Å². The van der Waals surface area contributed by atoms with Gasteiger partial charge in [-0.15, -0.1) is 12.4 Å². The fourth-order valence-corrected chi connectivity index (χ4v) is 2.90. The van der Waals surface area contributed by atoms with Crippen LogP contribution in [0.4, 0.5) is 0 Å². The van der Waals surface area contributed by atoms with Gasteiger partial charge in [-0.3, -0.25) is 0 Å². The van der Waals surface area contributed by atoms with Crippen molar-refractivity contribution in [2.45, 2.75) is 20.3 Å². The van der Waals surface area contributed by atoms with Crippen LogP contribution in [-0.4, -0.2) is 21.1 Å². The van der Waals surface area contributed by atoms with Crippen LogP contribution in [-0.2, 0) is 6.42 Å². The van der Waals surface area contributed by atoms with Gasteiger partial charge in [0.1, 0.15) is 5.01 Å². The number of hydrogen-bond donors (Lipinski definition) is 1. The predicted molar refractivity (Wildman–Crippen MR) is 85.8 cm³/mol. The molecule has 0 bridgehead atoms. The summed E-state index contributed by atoms with van der Waals surface area (Å²) >= 11 is 1.61. The lowest BCUT2D eigenvalue weighted by Crippen LogP contribution is -2.02. The van der Waals surface area contributed by atoms with E-state index in [-0.39, 0.29) is 12.4 Å². The number of nitrogens with two attached hydrogens (primary N) is 1. The zero-order valence-electron chi connectivity index (χ0n) is 11.5. The quantitative estimate of drug-likeness (QED) is 0.809. The van der Waals surface area contributed by atoms with Crippen molar-refractivity contribution in [1.29, 1.82) is 0 Å². The highest BCUT2D eigenvalue weighted by atomic mass is 35.5. The van der Waals surface area contributed by atoms with Crippen LogP contribution in [0.3, 0.4) is 0 Å². The highest BCUT2D eigenvalue weighted by Gasteiger charge is 2.09. The summed E-state index contributed by atoms with van der Waals surface area (Å²) in [5.74, 6) is 0. The van der Waals surface area contributed by atoms with Crippen LogP contribution in [0.25, 0.3) is 16.2 Å². The monoisotopic (exact) mass is 308 g/mol. The molecule has 0 saturated heterocycles. The number of aromatic nitrogens is 3. The van der Waals surface area contributed by atoms with Gasteiger partial charge < -0.3 is 5.73 Å². The van der Waals surface area contributed by atoms with Crippen molar-refractivity contribution in [1.82, 2.24) is 14.6 Å². The topological polar surface area (TPSA) is 56.2 Å². The molecule has 0 atom stereocenters. The molecule has 0 fully saturated rings. The van der Waals surface area contributed by atoms with Gasteiger partial charge in [-0.05, 0) is 37.6 Å². The Morgan fingerprint density at radius 3 is 2.70 bits per heavy atom. The number of halogens is 1. The van der Waals surface area contributed by atoms with E-state index in [2.05, 4.69) is 42.1 Å². The standard InChI is InChI=1S/C14H16N4S.ClH/c1-9-3-4-11(7-10(9)2)12-8-18-14(16-12)19-13(17-18)5-6-15;/h3-4,7-8H,5-6,15H2,1-2H3;1H. The average Bonchev–Trinajstić information content (AvgIpc) is 2.91. The molecule has 3 rings (SSSR count). The fraction of sp³-hybridized carbons (Fsp3) is 0.286. The molecule has 1 aromatic carbocycles. The molecule has 2 heterocycles. The number of imidazole rings is 1. The third-order valence-corrected chi connectivity index (χ3v) is 4.23. The molecule has 0 radical (unpaired) electrons. The first kappa shape index (κ1) is 15.0. The molecule has 0 aliphatic rings. The highest BCUT2D eigenvalue weighted by Crippen LogP contribution is 2.24. The van der Waals surface area contributed by atoms with E-state index >= 15 is 0 Å². The number of benzene rings is 1. The van der Waals surface area contributed by atoms with E-state index in [0.29, 0.717) is 6.54 Å². The molecule has 106 valence electrons. The summed E-state index contributed by atoms with van der Waals surface area (Å²) in [5.41, 5.74) is 10.2. The number of fused-ring (bicyclic) bond motifs is 1. The van der Waals surface area contributed by atoms with Crippen molar-refractivity contribution < 1.29 is 0 Å². The number of hydrogen-bond acceptors (Lipinski definition) is 4. The van der Waals surface area contributed by atoms with Gasteiger partial charge in [0.05, 0.1) is 11.9 Å². The second-order valence-corrected chi connectivity index (χ2v) is 5.73. The van der Waals surface area contributed by atoms with Crippen molar-refractivity contribution >= 4 is 28.7 Å². The molecule has 0 aliphatic carbocycles. The Morgan fingerprint density at radius 2 is 2.05 bits per heavy atom. The summed E-state index contributed by atoms with van der Waals surface area (Å²) in [6.45, 7) is 4.86. The third-order valence-electron chi connectivity index (χ3n) is 3.25. The summed E-state index contributed by atoms with van der Waals surface area (Å²) < 4.78 is 1.85. The minimum atomic E-state index is 0. The maximum atomic E-state index is 5.54. The summed E-state index contributed by atoms with van der Waals surface area (Å²) in [6, 6.07) is 6.41. The third kappa shape index (κ3) is 2.70. The van der Waals surface area contributed by atoms with Crippen molar-refractivity contribution in [2.24, 2.45) is 5.73 Å². The number of nitrogens with zero attached hydrogens (tertiary/aromatic N) is 3. The van der Waals surface area contributed by atoms with Crippen molar-refractivity contribution in [3.63, 3.8) is 0 Å². The summed E-state index contributed by atoms with van der Waals surface area (Å²) in [4.78, 5) is 5.56. The van der Waals surface area contributed by atoms with Crippen LogP contribution in [0, 0.1) is 13.8 Å². The molecule has 0 spiro atoms. The molecule has 6 heteroatoms. The second-order valence-electron chi connectivity index (χ2n) is 4.69. The Morgan fingerprint density at radius 1 is 1.25 bits per heavy atom. The highest BCUT2D eigenvalue weighted by molar-refractivity contribution is 7.16. The van der Waals surface area contributed by atoms with Gasteiger partial charge in [0.15, 0.2) is 0 Å². The molecular formula is C14H17ClN4S. The first-order chi connectivity index (χ1) is 9.17. The lowest BCUT2D eigenvalue weighted by atomic mass is 10.1. The van der Waals surface area contributed by atoms with Crippen LogP contribution in [0.15, 0.2) is 24.4 Å². The minimum Gasteiger partial charge on any atom is -0.330 e. The lowest BCUT2D eigenvalue weighted by Gasteiger charge is -2.01. The van der Waals surface area contributed by atoms with Gasteiger partial charge in [-0.25, -0.2) is 9.50 Å². The van der Waals surface area contributed by atoms with Gasteiger partial charge >= 0.3 is 0 Å². The Labute approximate surface area is 128 Å². The molecule has 4 nitrogen and oxygen atoms in total. The van der Waals surface area contributed by atoms with Gasteiger partial charge in [0, 0.05) is 12.0 Å². The molecule has 20 heavy (non-hydrogen) atoms. The Kier molecular flexibility index (Phi) is 4.42. The van der Waals surface area contributed by atoms with Crippen molar-refractivity contribution in [3.05, 3.63) is 40.5 Å². The van der Waals surface area contributed by atoms with Gasteiger partial charge in [0.2, 0.25) is 4.96 Å². The van der Waals surface area contributed by atoms with E-state index in [4.69, 9.17) is 5.73 Å². The van der Waals surface area contributed by atoms with Crippen LogP contribution in [0.5, 0.6) is 0 Å². The lowest BCUT2D eigenvalue weighted by molar-refractivity contribution is 0.873. The summed E-state index contributed by atoms with van der Waals surface area (Å²) in [6.07, 6.45) is 2.79. The molecule has 3 aromatic rings. The van der Waals surface area contributed by atoms with Gasteiger partial charge in [0.25, 0.3) is 0 Å². The molecule has 0 aliphatic heterocycles. The normalized spacial score (nSPS) is 10.8. The average molecular weight is 309 g/mol. The molecule has 0 amide bonds. The first-order valence-electron chi connectivity index (χ1n) is 6.30. The predicted octanol–water partition coefficient (Wildman–Crippen LogP) is 3.00. The maximum absolute atomic E-state index is 5.54. The zero-order valence-corrected chi connectivity index (χ0v) is 13.1. The second kappa shape index (κ2) is 5.91. The zero-order chi connectivity index (χ0) is 13.4.